The van der Waals surface area contributed by atoms with E-state index in [0.717, 1.165) is 110 Å². The van der Waals surface area contributed by atoms with Crippen molar-refractivity contribution in [3.05, 3.63) is 41.6 Å². The number of carboxylic acid groups (broad SMARTS) is 1. The summed E-state index contributed by atoms with van der Waals surface area (Å²) in [5.74, 6) is -19.1. The van der Waals surface area contributed by atoms with Crippen LogP contribution < -0.4 is 54.0 Å². The fourth-order valence-corrected chi connectivity index (χ4v) is 13.9. The Morgan fingerprint density at radius 1 is 0.672 bits per heavy atom. The fraction of sp³-hybridized carbons (Fsp3) is 0.720. The number of unbranched alkanes of at least 4 members (excludes halogenated alkanes) is 6. The van der Waals surface area contributed by atoms with Gasteiger partial charge in [-0.2, -0.15) is 0 Å². The summed E-state index contributed by atoms with van der Waals surface area (Å²) >= 11 is 6.40. The van der Waals surface area contributed by atoms with Crippen LogP contribution in [0.4, 0.5) is 0 Å². The Morgan fingerprint density at radius 3 is 1.83 bits per heavy atom. The molecule has 0 radical (unpaired) electrons. The van der Waals surface area contributed by atoms with Crippen LogP contribution in [0, 0.1) is 0 Å². The number of carbonyl (C=O) groups excluding carboxylic acids is 12. The number of carbonyl (C=O) groups is 13. The van der Waals surface area contributed by atoms with Crippen LogP contribution in [0.3, 0.4) is 0 Å². The van der Waals surface area contributed by atoms with Crippen molar-refractivity contribution in [2.45, 2.75) is 314 Å². The summed E-state index contributed by atoms with van der Waals surface area (Å²) in [4.78, 5) is 184. The number of cyclic esters (lactones) is 1. The van der Waals surface area contributed by atoms with Crippen LogP contribution in [0.15, 0.2) is 36.0 Å². The van der Waals surface area contributed by atoms with Crippen LogP contribution >= 0.6 is 11.6 Å². The van der Waals surface area contributed by atoms with Crippen LogP contribution in [0.25, 0.3) is 0 Å². The number of aliphatic hydroxyl groups excluding tert-OH is 13. The van der Waals surface area contributed by atoms with Gasteiger partial charge in [-0.25, -0.2) is 9.59 Å². The maximum absolute atomic E-state index is 15.2. The van der Waals surface area contributed by atoms with Crippen molar-refractivity contribution in [2.24, 2.45) is 11.5 Å². The van der Waals surface area contributed by atoms with Crippen molar-refractivity contribution in [2.75, 3.05) is 26.8 Å². The van der Waals surface area contributed by atoms with Gasteiger partial charge in [0.25, 0.3) is 11.8 Å². The molecule has 690 valence electrons. The summed E-state index contributed by atoms with van der Waals surface area (Å²) in [5.41, 5.74) is 9.95. The third-order valence-electron chi connectivity index (χ3n) is 20.7. The van der Waals surface area contributed by atoms with E-state index in [4.69, 9.17) is 56.2 Å². The Balaban J connectivity index is 1.62. The lowest BCUT2D eigenvalue weighted by Gasteiger charge is -2.44. The molecule has 46 nitrogen and oxygen atoms in total. The van der Waals surface area contributed by atoms with Gasteiger partial charge in [-0.05, 0) is 84.4 Å². The molecule has 1 aromatic rings. The molecule has 1 aromatic carbocycles. The molecule has 4 aliphatic rings. The number of nitrogens with zero attached hydrogens (tertiary/aromatic N) is 1. The van der Waals surface area contributed by atoms with E-state index in [0.29, 0.717) is 17.7 Å². The first kappa shape index (κ1) is 104. The number of likely N-dealkylation sites (N-methyl/N-ethyl adjacent to an activating group) is 1. The number of hydrogen-bond acceptors (Lipinski definition) is 34. The molecule has 4 aliphatic heterocycles. The zero-order chi connectivity index (χ0) is 91.4. The third-order valence-corrected chi connectivity index (χ3v) is 21.1. The number of allylic oxidation sites excluding steroid dienone is 1. The summed E-state index contributed by atoms with van der Waals surface area (Å²) in [6.45, 7) is 4.07. The Bertz CT molecular complexity index is 3690. The van der Waals surface area contributed by atoms with E-state index in [2.05, 4.69) is 42.5 Å². The lowest BCUT2D eigenvalue weighted by molar-refractivity contribution is -0.349. The van der Waals surface area contributed by atoms with Gasteiger partial charge in [-0.15, -0.1) is 11.6 Å². The average molecular weight is 1770 g/mol. The largest absolute Gasteiger partial charge is 0.508 e. The van der Waals surface area contributed by atoms with E-state index in [9.17, 15) is 129 Å². The van der Waals surface area contributed by atoms with Crippen molar-refractivity contribution >= 4 is 88.5 Å². The van der Waals surface area contributed by atoms with Crippen LogP contribution in [-0.4, -0.2) is 356 Å². The number of nitrogens with one attached hydrogen (secondary N) is 8. The number of benzene rings is 1. The molecule has 11 amide bonds. The first-order valence-corrected chi connectivity index (χ1v) is 40.3. The number of alkyl halides is 1. The number of esters is 1. The number of ether oxygens (including phenoxy) is 7. The molecule has 5 rings (SSSR count). The molecule has 27 N–H and O–H groups in total. The topological polar surface area (TPSA) is 741 Å². The van der Waals surface area contributed by atoms with E-state index < -0.39 is 299 Å². The van der Waals surface area contributed by atoms with Crippen molar-refractivity contribution in [3.8, 4) is 5.75 Å². The van der Waals surface area contributed by atoms with Gasteiger partial charge in [0.15, 0.2) is 31.1 Å². The third kappa shape index (κ3) is 30.1. The molecule has 4 heterocycles. The number of primary amides is 2. The lowest BCUT2D eigenvalue weighted by atomic mass is 9.98. The van der Waals surface area contributed by atoms with Gasteiger partial charge >= 0.3 is 11.9 Å². The van der Waals surface area contributed by atoms with Gasteiger partial charge in [-0.1, -0.05) is 76.5 Å². The predicted octanol–water partition coefficient (Wildman–Crippen LogP) is -9.24. The van der Waals surface area contributed by atoms with Gasteiger partial charge in [0.2, 0.25) is 53.2 Å². The van der Waals surface area contributed by atoms with E-state index in [1.807, 2.05) is 6.92 Å². The summed E-state index contributed by atoms with van der Waals surface area (Å²) in [5, 5.41) is 181. The van der Waals surface area contributed by atoms with E-state index in [1.54, 1.807) is 0 Å². The first-order valence-electron chi connectivity index (χ1n) is 39.8. The average Bonchev–Trinajstić information content (AvgIpc) is 0.798. The van der Waals surface area contributed by atoms with E-state index in [-0.39, 0.29) is 29.5 Å². The molecule has 47 heteroatoms. The number of phenols is 1. The smallest absolute Gasteiger partial charge is 0.335 e. The highest BCUT2D eigenvalue weighted by molar-refractivity contribution is 6.20. The Kier molecular flexibility index (Phi) is 42.4. The zero-order valence-corrected chi connectivity index (χ0v) is 69.0. The SMILES string of the molecule is CC=C1NC(=O)C(C(O)c2ccc(O)cc2)NC(=O)C(C(C)O)NC(=O)C(NC(=O)C(NC(=O)C(O)C(CCCCCCCCCC(Cl)CCC)OC2OCC(O)C(OC3OC(C(=O)O)C(O)C(O)C3O)C2O)C(C)O)C(C)OC(=O)C(CCC(N)=O)NC(=O)C(C(C)OC2OC(CO)C(O)C(O)C2O)N(C)C(=O)CNC(=O)C(CCC(N)=O)NC1=O. The minimum Gasteiger partial charge on any atom is -0.508 e. The van der Waals surface area contributed by atoms with Gasteiger partial charge in [-0.3, -0.25) is 52.7 Å². The van der Waals surface area contributed by atoms with Gasteiger partial charge in [0.1, 0.15) is 127 Å². The molecular weight excluding hydrogens is 1650 g/mol. The number of rotatable bonds is 36. The van der Waals surface area contributed by atoms with Crippen molar-refractivity contribution in [1.82, 2.24) is 47.4 Å². The summed E-state index contributed by atoms with van der Waals surface area (Å²) in [6.07, 6.45) is -38.8. The van der Waals surface area contributed by atoms with Gasteiger partial charge < -0.3 is 169 Å². The van der Waals surface area contributed by atoms with Gasteiger partial charge in [0.05, 0.1) is 44.2 Å². The predicted molar refractivity (Wildman–Crippen MR) is 414 cm³/mol. The second-order valence-electron chi connectivity index (χ2n) is 30.3. The molecule has 0 aromatic heterocycles. The molecule has 0 spiro atoms. The molecule has 0 saturated carbocycles. The minimum atomic E-state index is -2.51. The molecule has 29 unspecified atom stereocenters. The number of aliphatic carboxylic acids is 1. The van der Waals surface area contributed by atoms with Crippen molar-refractivity contribution in [3.63, 3.8) is 0 Å². The Morgan fingerprint density at radius 2 is 1.25 bits per heavy atom. The van der Waals surface area contributed by atoms with E-state index in [1.165, 1.54) is 6.92 Å². The molecule has 4 fully saturated rings. The normalized spacial score (nSPS) is 31.5. The maximum Gasteiger partial charge on any atom is 0.335 e. The molecular formula is C75H118ClN11O35. The highest BCUT2D eigenvalue weighted by atomic mass is 35.5. The van der Waals surface area contributed by atoms with E-state index >= 15 is 9.59 Å². The highest BCUT2D eigenvalue weighted by Crippen LogP contribution is 2.31. The summed E-state index contributed by atoms with van der Waals surface area (Å²) < 4.78 is 39.5. The first-order chi connectivity index (χ1) is 57.4. The standard InChI is InChI=1S/C75H118ClN11O35/c1-8-17-36(76)18-15-13-11-10-12-14-16-19-42(119-73-60(104)61(41(92)30-116-73)121-75-59(103)56(100)57(101)62(122-75)71(113)114)54(98)70(112)84-48(32(4)90)65(107)85-49-33(5)117-72(115)40(25-27-45(78)94)82-69(111)51(34(6)118-74-58(102)55(99)53(97)43(29-88)120-74)87(7)46(95)28-79-63(105)39(24-26-44(77)93)81-64(106)38(9-2)80-68(110)50(52(96)35-20-22-37(91)23-21-35)86-66(108)47(31(3)89)83-67(49)109/h9,20-23,31-34,36,39-43,47-62,73-75,88-92,96-104H,8,10-19,24-30H2,1-7H3,(H2,77,93)(H2,78,94)(H,79,105)(H,80,110)(H,81,106)(H,82,111)(H,83,109)(H,84,112)(H,85,107)(H,86,108)(H,113,114). The maximum atomic E-state index is 15.2. The number of aliphatic hydroxyl groups is 13. The van der Waals surface area contributed by atoms with Gasteiger partial charge in [0, 0.05) is 25.3 Å². The molecule has 0 aliphatic carbocycles. The summed E-state index contributed by atoms with van der Waals surface area (Å²) in [7, 11) is 0.929. The number of phenolic OH excluding ortho intramolecular Hbond substituents is 1. The quantitative estimate of drug-likeness (QED) is 0.0128. The number of nitrogens with two attached hydrogens (primary N) is 2. The highest BCUT2D eigenvalue weighted by Gasteiger charge is 2.53. The number of hydrogen-bond donors (Lipinski definition) is 25. The second kappa shape index (κ2) is 49.8. The number of amides is 11. The van der Waals surface area contributed by atoms with Crippen LogP contribution in [0.1, 0.15) is 150 Å². The monoisotopic (exact) mass is 1770 g/mol. The minimum absolute atomic E-state index is 0.0238. The fourth-order valence-electron chi connectivity index (χ4n) is 13.5. The lowest BCUT2D eigenvalue weighted by Crippen LogP contribution is -2.65. The molecule has 4 saturated heterocycles. The summed E-state index contributed by atoms with van der Waals surface area (Å²) in [6, 6.07) is -11.5. The Labute approximate surface area is 705 Å². The van der Waals surface area contributed by atoms with Crippen LogP contribution in [-0.2, 0) is 95.5 Å². The molecule has 122 heavy (non-hydrogen) atoms. The second-order valence-corrected chi connectivity index (χ2v) is 30.9. The number of aromatic hydroxyl groups is 1. The van der Waals surface area contributed by atoms with Crippen molar-refractivity contribution in [1.29, 1.82) is 0 Å². The number of carboxylic acids is 1. The molecule has 0 bridgehead atoms. The van der Waals surface area contributed by atoms with Crippen molar-refractivity contribution < 1.29 is 172 Å². The molecule has 29 atom stereocenters. The Hall–Kier alpha value is -8.60. The number of halogens is 1. The van der Waals surface area contributed by atoms with Crippen LogP contribution in [0.5, 0.6) is 5.75 Å². The zero-order valence-electron chi connectivity index (χ0n) is 68.2. The van der Waals surface area contributed by atoms with Crippen LogP contribution in [0.2, 0.25) is 0 Å².